The van der Waals surface area contributed by atoms with Gasteiger partial charge in [0.15, 0.2) is 0 Å². The smallest absolute Gasteiger partial charge is 0.135 e. The molecule has 0 bridgehead atoms. The van der Waals surface area contributed by atoms with E-state index in [1.807, 2.05) is 6.21 Å². The van der Waals surface area contributed by atoms with Gasteiger partial charge in [-0.05, 0) is 18.8 Å². The molecular weight excluding hydrogens is 126 g/mol. The summed E-state index contributed by atoms with van der Waals surface area (Å²) in [6, 6.07) is 0. The second-order valence-electron chi connectivity index (χ2n) is 2.53. The molecular formula is C8H13NO. The molecule has 1 aliphatic rings. The molecule has 1 saturated carbocycles. The molecule has 0 aromatic rings. The average Bonchev–Trinajstić information content (AvgIpc) is 1.84. The van der Waals surface area contributed by atoms with Gasteiger partial charge in [-0.1, -0.05) is 24.2 Å². The van der Waals surface area contributed by atoms with Crippen LogP contribution < -0.4 is 0 Å². The molecule has 0 radical (unpaired) electrons. The van der Waals surface area contributed by atoms with E-state index in [2.05, 4.69) is 11.7 Å². The van der Waals surface area contributed by atoms with E-state index < -0.39 is 0 Å². The summed E-state index contributed by atoms with van der Waals surface area (Å²) in [4.78, 5) is 4.84. The zero-order valence-corrected chi connectivity index (χ0v) is 6.12. The van der Waals surface area contributed by atoms with E-state index >= 15 is 0 Å². The number of nitrogens with zero attached hydrogens (tertiary/aromatic N) is 1. The molecule has 2 nitrogen and oxygen atoms in total. The Kier molecular flexibility index (Phi) is 3.00. The standard InChI is InChI=1S/C8H13NO/c1-2-6-10-9-7-8-4-3-5-8/h2,7-8H,1,3-6H2. The van der Waals surface area contributed by atoms with Crippen LogP contribution in [-0.2, 0) is 4.84 Å². The molecule has 1 fully saturated rings. The molecule has 0 amide bonds. The maximum absolute atomic E-state index is 4.84. The van der Waals surface area contributed by atoms with Crippen LogP contribution in [0.25, 0.3) is 0 Å². The first kappa shape index (κ1) is 7.32. The summed E-state index contributed by atoms with van der Waals surface area (Å²) >= 11 is 0. The van der Waals surface area contributed by atoms with Crippen molar-refractivity contribution in [3.05, 3.63) is 12.7 Å². The lowest BCUT2D eigenvalue weighted by Crippen LogP contribution is -2.11. The molecule has 0 heterocycles. The van der Waals surface area contributed by atoms with Crippen LogP contribution in [0, 0.1) is 5.92 Å². The molecule has 56 valence electrons. The molecule has 0 saturated heterocycles. The van der Waals surface area contributed by atoms with Crippen molar-refractivity contribution < 1.29 is 4.84 Å². The van der Waals surface area contributed by atoms with Crippen molar-refractivity contribution in [1.29, 1.82) is 0 Å². The highest BCUT2D eigenvalue weighted by Gasteiger charge is 2.14. The SMILES string of the molecule is C=CCON=CC1CCC1. The van der Waals surface area contributed by atoms with E-state index in [1.54, 1.807) is 6.08 Å². The monoisotopic (exact) mass is 139 g/mol. The van der Waals surface area contributed by atoms with Crippen molar-refractivity contribution in [3.8, 4) is 0 Å². The van der Waals surface area contributed by atoms with Crippen LogP contribution in [-0.4, -0.2) is 12.8 Å². The number of rotatable bonds is 4. The molecule has 0 aliphatic heterocycles. The summed E-state index contributed by atoms with van der Waals surface area (Å²) < 4.78 is 0. The molecule has 0 aromatic carbocycles. The highest BCUT2D eigenvalue weighted by molar-refractivity contribution is 5.60. The summed E-state index contributed by atoms with van der Waals surface area (Å²) in [5, 5.41) is 3.79. The van der Waals surface area contributed by atoms with Gasteiger partial charge in [-0.3, -0.25) is 0 Å². The third kappa shape index (κ3) is 2.21. The van der Waals surface area contributed by atoms with E-state index in [9.17, 15) is 0 Å². The van der Waals surface area contributed by atoms with Gasteiger partial charge in [-0.25, -0.2) is 0 Å². The van der Waals surface area contributed by atoms with Gasteiger partial charge in [0.25, 0.3) is 0 Å². The molecule has 10 heavy (non-hydrogen) atoms. The Morgan fingerprint density at radius 1 is 1.60 bits per heavy atom. The van der Waals surface area contributed by atoms with Crippen molar-refractivity contribution >= 4 is 6.21 Å². The summed E-state index contributed by atoms with van der Waals surface area (Å²) in [6.45, 7) is 4.03. The van der Waals surface area contributed by atoms with Gasteiger partial charge in [0.1, 0.15) is 6.61 Å². The molecule has 0 atom stereocenters. The Morgan fingerprint density at radius 3 is 2.90 bits per heavy atom. The number of hydrogen-bond donors (Lipinski definition) is 0. The van der Waals surface area contributed by atoms with E-state index in [0.717, 1.165) is 0 Å². The maximum atomic E-state index is 4.84. The third-order valence-electron chi connectivity index (χ3n) is 1.69. The first-order valence-electron chi connectivity index (χ1n) is 3.70. The van der Waals surface area contributed by atoms with Crippen LogP contribution in [0.4, 0.5) is 0 Å². The number of hydrogen-bond acceptors (Lipinski definition) is 2. The van der Waals surface area contributed by atoms with Crippen LogP contribution in [0.15, 0.2) is 17.8 Å². The highest BCUT2D eigenvalue weighted by atomic mass is 16.6. The molecule has 0 unspecified atom stereocenters. The van der Waals surface area contributed by atoms with Gasteiger partial charge in [-0.2, -0.15) is 0 Å². The Bertz CT molecular complexity index is 127. The van der Waals surface area contributed by atoms with Gasteiger partial charge >= 0.3 is 0 Å². The van der Waals surface area contributed by atoms with Crippen LogP contribution in [0.3, 0.4) is 0 Å². The van der Waals surface area contributed by atoms with E-state index in [4.69, 9.17) is 4.84 Å². The van der Waals surface area contributed by atoms with Crippen LogP contribution in [0.2, 0.25) is 0 Å². The first-order valence-corrected chi connectivity index (χ1v) is 3.70. The van der Waals surface area contributed by atoms with Gasteiger partial charge in [0.2, 0.25) is 0 Å². The fraction of sp³-hybridized carbons (Fsp3) is 0.625. The quantitative estimate of drug-likeness (QED) is 0.252. The molecule has 2 heteroatoms. The zero-order chi connectivity index (χ0) is 7.23. The minimum atomic E-state index is 0.517. The molecule has 0 N–H and O–H groups in total. The first-order chi connectivity index (χ1) is 4.93. The zero-order valence-electron chi connectivity index (χ0n) is 6.12. The summed E-state index contributed by atoms with van der Waals surface area (Å²) in [6.07, 6.45) is 7.49. The fourth-order valence-corrected chi connectivity index (χ4v) is 0.814. The van der Waals surface area contributed by atoms with Crippen molar-refractivity contribution in [2.24, 2.45) is 11.1 Å². The van der Waals surface area contributed by atoms with Crippen LogP contribution >= 0.6 is 0 Å². The number of oxime groups is 1. The normalized spacial score (nSPS) is 18.8. The van der Waals surface area contributed by atoms with Gasteiger partial charge in [0, 0.05) is 6.21 Å². The van der Waals surface area contributed by atoms with Crippen molar-refractivity contribution in [2.75, 3.05) is 6.61 Å². The molecule has 1 aliphatic carbocycles. The summed E-state index contributed by atoms with van der Waals surface area (Å²) in [7, 11) is 0. The lowest BCUT2D eigenvalue weighted by molar-refractivity contribution is 0.173. The Morgan fingerprint density at radius 2 is 2.40 bits per heavy atom. The Hall–Kier alpha value is -0.790. The highest BCUT2D eigenvalue weighted by Crippen LogP contribution is 2.23. The minimum absolute atomic E-state index is 0.517. The maximum Gasteiger partial charge on any atom is 0.135 e. The Labute approximate surface area is 61.6 Å². The fourth-order valence-electron chi connectivity index (χ4n) is 0.814. The predicted octanol–water partition coefficient (Wildman–Crippen LogP) is 1.97. The second kappa shape index (κ2) is 4.09. The second-order valence-corrected chi connectivity index (χ2v) is 2.53. The summed E-state index contributed by atoms with van der Waals surface area (Å²) in [5.74, 6) is 0.685. The minimum Gasteiger partial charge on any atom is -0.392 e. The van der Waals surface area contributed by atoms with Gasteiger partial charge in [0.05, 0.1) is 0 Å². The van der Waals surface area contributed by atoms with Crippen molar-refractivity contribution in [1.82, 2.24) is 0 Å². The average molecular weight is 139 g/mol. The lowest BCUT2D eigenvalue weighted by Gasteiger charge is -2.19. The Balaban J connectivity index is 1.98. The van der Waals surface area contributed by atoms with Crippen molar-refractivity contribution in [2.45, 2.75) is 19.3 Å². The van der Waals surface area contributed by atoms with Crippen molar-refractivity contribution in [3.63, 3.8) is 0 Å². The molecule has 0 aromatic heterocycles. The van der Waals surface area contributed by atoms with E-state index in [1.165, 1.54) is 19.3 Å². The van der Waals surface area contributed by atoms with Gasteiger partial charge in [-0.15, -0.1) is 0 Å². The summed E-state index contributed by atoms with van der Waals surface area (Å²) in [5.41, 5.74) is 0. The lowest BCUT2D eigenvalue weighted by atomic mass is 9.87. The van der Waals surface area contributed by atoms with E-state index in [-0.39, 0.29) is 0 Å². The largest absolute Gasteiger partial charge is 0.392 e. The predicted molar refractivity (Wildman–Crippen MR) is 42.0 cm³/mol. The van der Waals surface area contributed by atoms with E-state index in [0.29, 0.717) is 12.5 Å². The molecule has 0 spiro atoms. The van der Waals surface area contributed by atoms with Crippen LogP contribution in [0.5, 0.6) is 0 Å². The van der Waals surface area contributed by atoms with Gasteiger partial charge < -0.3 is 4.84 Å². The molecule has 1 rings (SSSR count). The van der Waals surface area contributed by atoms with Crippen LogP contribution in [0.1, 0.15) is 19.3 Å². The topological polar surface area (TPSA) is 21.6 Å². The third-order valence-corrected chi connectivity index (χ3v) is 1.69.